The smallest absolute Gasteiger partial charge is 0.395 e. The molecule has 0 heterocycles. The van der Waals surface area contributed by atoms with Crippen molar-refractivity contribution in [1.82, 2.24) is 0 Å². The van der Waals surface area contributed by atoms with Gasteiger partial charge in [-0.2, -0.15) is 23.7 Å². The third kappa shape index (κ3) is 7.51. The van der Waals surface area contributed by atoms with Gasteiger partial charge >= 0.3 is 6.18 Å². The molecule has 0 radical (unpaired) electrons. The molecule has 43 heavy (non-hydrogen) atoms. The highest BCUT2D eigenvalue weighted by Gasteiger charge is 2.41. The number of benzene rings is 1. The van der Waals surface area contributed by atoms with Crippen LogP contribution in [0, 0.1) is 46.3 Å². The van der Waals surface area contributed by atoms with Crippen LogP contribution in [0.3, 0.4) is 0 Å². The third-order valence-corrected chi connectivity index (χ3v) is 8.12. The van der Waals surface area contributed by atoms with Crippen molar-refractivity contribution in [3.63, 3.8) is 0 Å². The Morgan fingerprint density at radius 1 is 1.12 bits per heavy atom. The second kappa shape index (κ2) is 13.1. The van der Waals surface area contributed by atoms with Crippen LogP contribution in [0.5, 0.6) is 0 Å². The normalized spacial score (nSPS) is 21.7. The molecule has 0 saturated heterocycles. The number of alkyl halides is 5. The molecule has 3 aliphatic carbocycles. The summed E-state index contributed by atoms with van der Waals surface area (Å²) in [5, 5.41) is 21.1. The number of carbonyl (C=O) groups is 1. The summed E-state index contributed by atoms with van der Waals surface area (Å²) in [5.41, 5.74) is -0.112. The van der Waals surface area contributed by atoms with Crippen LogP contribution in [0.25, 0.3) is 17.4 Å². The van der Waals surface area contributed by atoms with Crippen molar-refractivity contribution in [2.24, 2.45) is 23.7 Å². The molecule has 3 atom stereocenters. The number of rotatable bonds is 9. The average molecular weight is 597 g/mol. The van der Waals surface area contributed by atoms with Gasteiger partial charge in [-0.15, -0.1) is 0 Å². The van der Waals surface area contributed by atoms with Crippen LogP contribution < -0.4 is 10.4 Å². The van der Waals surface area contributed by atoms with Crippen molar-refractivity contribution >= 4 is 23.2 Å². The van der Waals surface area contributed by atoms with E-state index in [0.717, 1.165) is 12.5 Å². The van der Waals surface area contributed by atoms with E-state index in [1.54, 1.807) is 12.1 Å². The molecular weight excluding hydrogens is 563 g/mol. The first-order valence-corrected chi connectivity index (χ1v) is 14.3. The van der Waals surface area contributed by atoms with Crippen molar-refractivity contribution in [2.45, 2.75) is 71.9 Å². The molecule has 0 aliphatic heterocycles. The minimum absolute atomic E-state index is 0.00764. The maximum atomic E-state index is 14.0. The number of halogens is 5. The Labute approximate surface area is 247 Å². The molecule has 1 aromatic carbocycles. The molecular formula is C34H33F5N2O2. The van der Waals surface area contributed by atoms with Gasteiger partial charge in [0.15, 0.2) is 0 Å². The summed E-state index contributed by atoms with van der Waals surface area (Å²) in [6.45, 7) is 5.58. The molecule has 0 spiro atoms. The van der Waals surface area contributed by atoms with E-state index in [4.69, 9.17) is 4.74 Å². The molecule has 4 nitrogen and oxygen atoms in total. The van der Waals surface area contributed by atoms with Crippen LogP contribution in [0.4, 0.5) is 22.0 Å². The number of nitriles is 2. The molecule has 0 amide bonds. The molecule has 4 rings (SSSR count). The lowest BCUT2D eigenvalue weighted by molar-refractivity contribution is -0.160. The van der Waals surface area contributed by atoms with Gasteiger partial charge in [-0.25, -0.2) is 8.78 Å². The van der Waals surface area contributed by atoms with Gasteiger partial charge in [0.25, 0.3) is 0 Å². The molecule has 0 saturated carbocycles. The number of ketones is 1. The van der Waals surface area contributed by atoms with Crippen LogP contribution in [0.1, 0.15) is 76.0 Å². The van der Waals surface area contributed by atoms with E-state index in [9.17, 15) is 37.3 Å². The van der Waals surface area contributed by atoms with Crippen molar-refractivity contribution in [1.29, 1.82) is 10.5 Å². The molecule has 0 aromatic heterocycles. The van der Waals surface area contributed by atoms with Gasteiger partial charge in [0, 0.05) is 30.0 Å². The number of hydrogen-bond acceptors (Lipinski definition) is 4. The summed E-state index contributed by atoms with van der Waals surface area (Å²) in [4.78, 5) is 11.5. The molecule has 0 bridgehead atoms. The van der Waals surface area contributed by atoms with Crippen molar-refractivity contribution in [2.75, 3.05) is 0 Å². The Hall–Kier alpha value is -3.98. The van der Waals surface area contributed by atoms with Gasteiger partial charge in [-0.1, -0.05) is 38.2 Å². The van der Waals surface area contributed by atoms with E-state index in [-0.39, 0.29) is 51.4 Å². The van der Waals surface area contributed by atoms with Crippen molar-refractivity contribution in [3.8, 4) is 12.1 Å². The van der Waals surface area contributed by atoms with Crippen molar-refractivity contribution < 1.29 is 31.5 Å². The van der Waals surface area contributed by atoms with Crippen LogP contribution in [0.15, 0.2) is 47.8 Å². The number of nitrogens with zero attached hydrogens (tertiary/aromatic N) is 2. The predicted molar refractivity (Wildman–Crippen MR) is 153 cm³/mol. The third-order valence-electron chi connectivity index (χ3n) is 8.12. The van der Waals surface area contributed by atoms with Gasteiger partial charge in [0.05, 0.1) is 17.0 Å². The average Bonchev–Trinajstić information content (AvgIpc) is 2.94. The molecule has 0 N–H and O–H groups in total. The summed E-state index contributed by atoms with van der Waals surface area (Å²) < 4.78 is 75.3. The fraction of sp³-hybridized carbons (Fsp3) is 0.441. The topological polar surface area (TPSA) is 73.9 Å². The summed E-state index contributed by atoms with van der Waals surface area (Å²) in [6.07, 6.45) is 2.91. The Bertz CT molecular complexity index is 1610. The number of hydrogen-bond donors (Lipinski definition) is 0. The molecule has 3 aliphatic rings. The number of fused-ring (bicyclic) bond motifs is 1. The summed E-state index contributed by atoms with van der Waals surface area (Å²) in [6, 6.07) is 5.56. The Morgan fingerprint density at radius 2 is 1.86 bits per heavy atom. The number of carbonyl (C=O) groups excluding carboxylic acids is 1. The zero-order chi connectivity index (χ0) is 31.5. The second-order valence-corrected chi connectivity index (χ2v) is 11.7. The van der Waals surface area contributed by atoms with Gasteiger partial charge in [0.1, 0.15) is 29.4 Å². The maximum absolute atomic E-state index is 14.0. The van der Waals surface area contributed by atoms with Gasteiger partial charge in [-0.3, -0.25) is 0 Å². The largest absolute Gasteiger partial charge is 0.461 e. The van der Waals surface area contributed by atoms with E-state index in [1.807, 2.05) is 44.2 Å². The minimum Gasteiger partial charge on any atom is -0.461 e. The fourth-order valence-corrected chi connectivity index (χ4v) is 5.88. The number of allylic oxidation sites excluding steroid dienone is 7. The fourth-order valence-electron chi connectivity index (χ4n) is 5.88. The molecule has 226 valence electrons. The first-order chi connectivity index (χ1) is 20.3. The van der Waals surface area contributed by atoms with Gasteiger partial charge in [-0.05, 0) is 78.5 Å². The van der Waals surface area contributed by atoms with Crippen LogP contribution >= 0.6 is 0 Å². The van der Waals surface area contributed by atoms with E-state index < -0.39 is 31.4 Å². The van der Waals surface area contributed by atoms with Crippen LogP contribution in [-0.4, -0.2) is 18.4 Å². The Balaban J connectivity index is 1.99. The van der Waals surface area contributed by atoms with E-state index in [0.29, 0.717) is 41.2 Å². The molecule has 0 fully saturated rings. The monoisotopic (exact) mass is 596 g/mol. The minimum atomic E-state index is -4.70. The highest BCUT2D eigenvalue weighted by Crippen LogP contribution is 2.41. The first kappa shape index (κ1) is 31.9. The molecule has 3 unspecified atom stereocenters. The zero-order valence-corrected chi connectivity index (χ0v) is 24.3. The van der Waals surface area contributed by atoms with Crippen LogP contribution in [-0.2, 0) is 9.53 Å². The number of ether oxygens (including phenoxy) is 1. The Morgan fingerprint density at radius 3 is 2.47 bits per heavy atom. The second-order valence-electron chi connectivity index (χ2n) is 11.7. The lowest BCUT2D eigenvalue weighted by Crippen LogP contribution is -2.39. The highest BCUT2D eigenvalue weighted by molar-refractivity contribution is 5.79. The lowest BCUT2D eigenvalue weighted by Gasteiger charge is -2.28. The Kier molecular flexibility index (Phi) is 9.75. The lowest BCUT2D eigenvalue weighted by atomic mass is 9.79. The van der Waals surface area contributed by atoms with E-state index in [2.05, 4.69) is 0 Å². The summed E-state index contributed by atoms with van der Waals surface area (Å²) in [5.74, 6) is -0.815. The predicted octanol–water partition coefficient (Wildman–Crippen LogP) is 7.39. The maximum Gasteiger partial charge on any atom is 0.395 e. The van der Waals surface area contributed by atoms with Crippen molar-refractivity contribution in [3.05, 3.63) is 74.9 Å². The zero-order valence-electron chi connectivity index (χ0n) is 24.3. The summed E-state index contributed by atoms with van der Waals surface area (Å²) in [7, 11) is 0. The standard InChI is InChI=1S/C34H33F5N2O2/c1-19(2)23-13-25-14-26(17-40)29(18-41)32(24-9-22(12-31(35)36)10-27(15-24)34(37,38)39)33(25)30(16-23)43-28-6-4-5-21(11-28)8-7-20(3)42/h4,6,9-11,13-14,19,21,23,27,31H,5,7-8,12,15-16H2,1-3H3. The summed E-state index contributed by atoms with van der Waals surface area (Å²) >= 11 is 0. The van der Waals surface area contributed by atoms with Crippen LogP contribution in [0.2, 0.25) is 0 Å². The molecule has 1 aromatic rings. The van der Waals surface area contributed by atoms with Gasteiger partial charge < -0.3 is 9.53 Å². The molecule has 9 heteroatoms. The number of Topliss-reactive ketones (excluding diaryl/α,β-unsaturated/α-hetero) is 1. The van der Waals surface area contributed by atoms with Gasteiger partial charge in [0.2, 0.25) is 6.43 Å². The van der Waals surface area contributed by atoms with E-state index >= 15 is 0 Å². The van der Waals surface area contributed by atoms with E-state index in [1.165, 1.54) is 13.0 Å². The highest BCUT2D eigenvalue weighted by atomic mass is 19.4. The first-order valence-electron chi connectivity index (χ1n) is 14.3. The SMILES string of the molecule is CC(=O)CCC1C=C(OC2=c3c(C4=CC(CC(F)F)=CC(C(F)(F)F)C4)c(C#N)c(C#N)cc3=CC(C(C)C)C2)C=CC1. The quantitative estimate of drug-likeness (QED) is 0.279.